The quantitative estimate of drug-likeness (QED) is 0.888. The van der Waals surface area contributed by atoms with Gasteiger partial charge >= 0.3 is 0 Å². The van der Waals surface area contributed by atoms with E-state index in [0.717, 1.165) is 23.8 Å². The van der Waals surface area contributed by atoms with Gasteiger partial charge in [-0.25, -0.2) is 0 Å². The fourth-order valence-corrected chi connectivity index (χ4v) is 6.10. The predicted octanol–water partition coefficient (Wildman–Crippen LogP) is 4.11. The number of nitrogens with zero attached hydrogens (tertiary/aromatic N) is 1. The average Bonchev–Trinajstić information content (AvgIpc) is 3.35. The Morgan fingerprint density at radius 2 is 2.09 bits per heavy atom. The molecular weight excluding hydrogens is 282 g/mol. The molecule has 5 rings (SSSR count). The van der Waals surface area contributed by atoms with E-state index >= 15 is 0 Å². The third-order valence-electron chi connectivity index (χ3n) is 7.48. The Bertz CT molecular complexity index is 622. The lowest BCUT2D eigenvalue weighted by Gasteiger charge is -2.60. The summed E-state index contributed by atoms with van der Waals surface area (Å²) in [4.78, 5) is 2.86. The molecule has 4 atom stereocenters. The fourth-order valence-electron chi connectivity index (χ4n) is 6.10. The number of phenolic OH excluding ortho intramolecular Hbond substituents is 1. The lowest BCUT2D eigenvalue weighted by Crippen LogP contribution is -2.61. The van der Waals surface area contributed by atoms with Gasteiger partial charge in [0.2, 0.25) is 0 Å². The van der Waals surface area contributed by atoms with Crippen molar-refractivity contribution in [2.75, 3.05) is 13.1 Å². The number of phenols is 1. The smallest absolute Gasteiger partial charge is 0.115 e. The zero-order chi connectivity index (χ0) is 15.6. The van der Waals surface area contributed by atoms with Crippen molar-refractivity contribution in [2.45, 2.75) is 63.3 Å². The highest BCUT2D eigenvalue weighted by atomic mass is 16.3. The Morgan fingerprint density at radius 3 is 2.91 bits per heavy atom. The highest BCUT2D eigenvalue weighted by molar-refractivity contribution is 5.45. The van der Waals surface area contributed by atoms with Crippen LogP contribution in [0.3, 0.4) is 0 Å². The maximum Gasteiger partial charge on any atom is 0.115 e. The van der Waals surface area contributed by atoms with Crippen molar-refractivity contribution in [3.8, 4) is 5.75 Å². The molecule has 0 spiro atoms. The first kappa shape index (κ1) is 14.3. The third-order valence-corrected chi connectivity index (χ3v) is 7.48. The van der Waals surface area contributed by atoms with Gasteiger partial charge in [0, 0.05) is 18.0 Å². The van der Waals surface area contributed by atoms with Gasteiger partial charge in [-0.15, -0.1) is 0 Å². The molecule has 1 saturated heterocycles. The summed E-state index contributed by atoms with van der Waals surface area (Å²) in [5.74, 6) is 3.14. The van der Waals surface area contributed by atoms with Crippen LogP contribution in [0.5, 0.6) is 5.75 Å². The summed E-state index contributed by atoms with van der Waals surface area (Å²) in [5.41, 5.74) is 3.40. The van der Waals surface area contributed by atoms with Crippen LogP contribution in [-0.2, 0) is 11.8 Å². The molecular formula is C21H29NO. The van der Waals surface area contributed by atoms with E-state index in [-0.39, 0.29) is 0 Å². The number of hydrogen-bond donors (Lipinski definition) is 1. The normalized spacial score (nSPS) is 39.6. The van der Waals surface area contributed by atoms with Crippen molar-refractivity contribution in [3.63, 3.8) is 0 Å². The lowest BCUT2D eigenvalue weighted by atomic mass is 9.51. The summed E-state index contributed by atoms with van der Waals surface area (Å²) in [6.07, 6.45) is 9.52. The molecule has 1 heterocycles. The van der Waals surface area contributed by atoms with Crippen LogP contribution >= 0.6 is 0 Å². The number of fused-ring (bicyclic) bond motifs is 1. The molecule has 4 aliphatic rings. The maximum atomic E-state index is 10.1. The van der Waals surface area contributed by atoms with E-state index in [4.69, 9.17) is 0 Å². The summed E-state index contributed by atoms with van der Waals surface area (Å²) >= 11 is 0. The van der Waals surface area contributed by atoms with Gasteiger partial charge in [-0.3, -0.25) is 4.90 Å². The third kappa shape index (κ3) is 2.17. The van der Waals surface area contributed by atoms with Crippen LogP contribution in [0, 0.1) is 17.8 Å². The van der Waals surface area contributed by atoms with Crippen LogP contribution in [-0.4, -0.2) is 29.1 Å². The second kappa shape index (κ2) is 4.99. The summed E-state index contributed by atoms with van der Waals surface area (Å²) in [6, 6.07) is 6.99. The molecule has 2 saturated carbocycles. The molecule has 0 aromatic heterocycles. The molecule has 3 aliphatic carbocycles. The molecule has 1 N–H and O–H groups in total. The summed E-state index contributed by atoms with van der Waals surface area (Å²) < 4.78 is 0. The molecule has 2 nitrogen and oxygen atoms in total. The van der Waals surface area contributed by atoms with Gasteiger partial charge in [0.25, 0.3) is 0 Å². The highest BCUT2D eigenvalue weighted by Crippen LogP contribution is 2.57. The number of piperidine rings is 1. The van der Waals surface area contributed by atoms with E-state index in [2.05, 4.69) is 24.0 Å². The van der Waals surface area contributed by atoms with Gasteiger partial charge in [0.1, 0.15) is 5.75 Å². The second-order valence-electron chi connectivity index (χ2n) is 8.94. The van der Waals surface area contributed by atoms with Gasteiger partial charge in [0.15, 0.2) is 0 Å². The molecule has 2 heteroatoms. The molecule has 0 amide bonds. The van der Waals surface area contributed by atoms with Gasteiger partial charge in [-0.2, -0.15) is 0 Å². The largest absolute Gasteiger partial charge is 0.508 e. The maximum absolute atomic E-state index is 10.1. The van der Waals surface area contributed by atoms with Crippen molar-refractivity contribution in [2.24, 2.45) is 17.8 Å². The van der Waals surface area contributed by atoms with E-state index in [9.17, 15) is 5.11 Å². The molecule has 23 heavy (non-hydrogen) atoms. The number of hydrogen-bond acceptors (Lipinski definition) is 2. The van der Waals surface area contributed by atoms with Gasteiger partial charge in [0.05, 0.1) is 0 Å². The molecule has 1 aliphatic heterocycles. The minimum Gasteiger partial charge on any atom is -0.508 e. The van der Waals surface area contributed by atoms with E-state index in [1.165, 1.54) is 69.2 Å². The van der Waals surface area contributed by atoms with E-state index in [1.807, 2.05) is 6.07 Å². The zero-order valence-electron chi connectivity index (χ0n) is 14.3. The minimum absolute atomic E-state index is 0.365. The number of aromatic hydroxyl groups is 1. The summed E-state index contributed by atoms with van der Waals surface area (Å²) in [7, 11) is 0. The van der Waals surface area contributed by atoms with Crippen LogP contribution in [0.15, 0.2) is 18.2 Å². The van der Waals surface area contributed by atoms with Crippen molar-refractivity contribution >= 4 is 0 Å². The van der Waals surface area contributed by atoms with Crippen molar-refractivity contribution in [1.82, 2.24) is 4.90 Å². The van der Waals surface area contributed by atoms with Crippen molar-refractivity contribution in [1.29, 1.82) is 0 Å². The standard InChI is InChI=1S/C21H29NO/c1-14-6-7-21-8-9-22(13-15-2-3-15)20(19(21)10-14)11-16-4-5-17(23)12-18(16)21/h4-5,12,14-15,19-20,23H,2-3,6-11,13H2,1H3/t14?,19?,20-,21+/m1/s1. The van der Waals surface area contributed by atoms with Crippen LogP contribution in [0.25, 0.3) is 0 Å². The molecule has 2 unspecified atom stereocenters. The first-order chi connectivity index (χ1) is 11.2. The fraction of sp³-hybridized carbons (Fsp3) is 0.714. The van der Waals surface area contributed by atoms with E-state index < -0.39 is 0 Å². The first-order valence-corrected chi connectivity index (χ1v) is 9.72. The topological polar surface area (TPSA) is 23.5 Å². The molecule has 0 radical (unpaired) electrons. The molecule has 3 fully saturated rings. The number of likely N-dealkylation sites (tertiary alicyclic amines) is 1. The minimum atomic E-state index is 0.365. The SMILES string of the molecule is CC1CC[C@]23CCN(CC4CC4)[C@H](Cc4ccc(O)cc42)C3C1. The lowest BCUT2D eigenvalue weighted by molar-refractivity contribution is -0.0256. The molecule has 1 aromatic rings. The number of benzene rings is 1. The van der Waals surface area contributed by atoms with Crippen molar-refractivity contribution < 1.29 is 5.11 Å². The number of rotatable bonds is 2. The molecule has 2 bridgehead atoms. The Kier molecular flexibility index (Phi) is 3.11. The average molecular weight is 311 g/mol. The Labute approximate surface area is 139 Å². The second-order valence-corrected chi connectivity index (χ2v) is 8.94. The van der Waals surface area contributed by atoms with Crippen LogP contribution in [0.1, 0.15) is 56.6 Å². The highest BCUT2D eigenvalue weighted by Gasteiger charge is 2.55. The Morgan fingerprint density at radius 1 is 1.22 bits per heavy atom. The van der Waals surface area contributed by atoms with Gasteiger partial charge in [-0.05, 0) is 92.5 Å². The predicted molar refractivity (Wildman–Crippen MR) is 92.7 cm³/mol. The van der Waals surface area contributed by atoms with E-state index in [0.29, 0.717) is 11.2 Å². The summed E-state index contributed by atoms with van der Waals surface area (Å²) in [5, 5.41) is 10.1. The Hall–Kier alpha value is -1.02. The molecule has 124 valence electrons. The van der Waals surface area contributed by atoms with E-state index in [1.54, 1.807) is 0 Å². The van der Waals surface area contributed by atoms with Gasteiger partial charge in [-0.1, -0.05) is 13.0 Å². The molecule has 1 aromatic carbocycles. The summed E-state index contributed by atoms with van der Waals surface area (Å²) in [6.45, 7) is 5.08. The van der Waals surface area contributed by atoms with Crippen molar-refractivity contribution in [3.05, 3.63) is 29.3 Å². The van der Waals surface area contributed by atoms with Crippen LogP contribution in [0.4, 0.5) is 0 Å². The zero-order valence-corrected chi connectivity index (χ0v) is 14.3. The van der Waals surface area contributed by atoms with Gasteiger partial charge < -0.3 is 5.11 Å². The van der Waals surface area contributed by atoms with Crippen LogP contribution in [0.2, 0.25) is 0 Å². The first-order valence-electron chi connectivity index (χ1n) is 9.72. The van der Waals surface area contributed by atoms with Crippen LogP contribution < -0.4 is 0 Å². The Balaban J connectivity index is 1.58. The monoisotopic (exact) mass is 311 g/mol.